The molecule has 2 aliphatic rings. The molecular weight excluding hydrogens is 313 g/mol. The van der Waals surface area contributed by atoms with Gasteiger partial charge in [-0.05, 0) is 18.6 Å². The van der Waals surface area contributed by atoms with E-state index in [0.29, 0.717) is 5.57 Å². The van der Waals surface area contributed by atoms with E-state index >= 15 is 0 Å². The molecule has 2 unspecified atom stereocenters. The number of carbonyl (C=O) groups excluding carboxylic acids is 2. The summed E-state index contributed by atoms with van der Waals surface area (Å²) in [4.78, 5) is 31.3. The van der Waals surface area contributed by atoms with Gasteiger partial charge >= 0.3 is 6.03 Å². The molecule has 6 nitrogen and oxygen atoms in total. The minimum Gasteiger partial charge on any atom is -0.399 e. The Bertz CT molecular complexity index is 588. The minimum absolute atomic E-state index is 0.0804. The molecule has 0 N–H and O–H groups in total. The van der Waals surface area contributed by atoms with Crippen LogP contribution in [0.5, 0.6) is 0 Å². The SMILES string of the molecule is CON=CC1=CC(N2C(=O)CC(C)N(C)C2=O)=C(F)CC1Cl. The lowest BCUT2D eigenvalue weighted by Gasteiger charge is -2.37. The van der Waals surface area contributed by atoms with Gasteiger partial charge in [-0.1, -0.05) is 5.16 Å². The first-order valence-electron chi connectivity index (χ1n) is 6.77. The fraction of sp³-hybridized carbons (Fsp3) is 0.500. The molecule has 2 atom stereocenters. The lowest BCUT2D eigenvalue weighted by atomic mass is 10.0. The van der Waals surface area contributed by atoms with Gasteiger partial charge in [-0.25, -0.2) is 14.1 Å². The largest absolute Gasteiger partial charge is 0.399 e. The maximum atomic E-state index is 14.3. The van der Waals surface area contributed by atoms with Gasteiger partial charge in [0, 0.05) is 25.9 Å². The van der Waals surface area contributed by atoms with Crippen LogP contribution in [0.4, 0.5) is 9.18 Å². The Morgan fingerprint density at radius 2 is 2.14 bits per heavy atom. The van der Waals surface area contributed by atoms with Crippen LogP contribution in [0.2, 0.25) is 0 Å². The van der Waals surface area contributed by atoms with Crippen LogP contribution in [-0.2, 0) is 9.63 Å². The Labute approximate surface area is 132 Å². The van der Waals surface area contributed by atoms with E-state index in [9.17, 15) is 14.0 Å². The molecule has 1 fully saturated rings. The molecule has 0 aromatic heterocycles. The third-order valence-corrected chi connectivity index (χ3v) is 4.13. The van der Waals surface area contributed by atoms with Gasteiger partial charge in [-0.2, -0.15) is 0 Å². The fourth-order valence-corrected chi connectivity index (χ4v) is 2.55. The second-order valence-corrected chi connectivity index (χ2v) is 5.73. The quantitative estimate of drug-likeness (QED) is 0.454. The maximum Gasteiger partial charge on any atom is 0.331 e. The number of imide groups is 1. The molecule has 8 heteroatoms. The summed E-state index contributed by atoms with van der Waals surface area (Å²) in [6, 6.07) is -0.774. The van der Waals surface area contributed by atoms with Gasteiger partial charge in [-0.3, -0.25) is 4.79 Å². The molecule has 22 heavy (non-hydrogen) atoms. The molecule has 2 rings (SSSR count). The van der Waals surface area contributed by atoms with Crippen molar-refractivity contribution in [3.05, 3.63) is 23.2 Å². The summed E-state index contributed by atoms with van der Waals surface area (Å²) < 4.78 is 14.3. The first-order chi connectivity index (χ1) is 10.4. The Morgan fingerprint density at radius 1 is 1.45 bits per heavy atom. The highest BCUT2D eigenvalue weighted by molar-refractivity contribution is 6.25. The molecule has 0 radical (unpaired) electrons. The minimum atomic E-state index is -0.630. The van der Waals surface area contributed by atoms with E-state index in [-0.39, 0.29) is 24.6 Å². The fourth-order valence-electron chi connectivity index (χ4n) is 2.30. The number of carbonyl (C=O) groups is 2. The smallest absolute Gasteiger partial charge is 0.331 e. The van der Waals surface area contributed by atoms with Crippen molar-refractivity contribution in [2.45, 2.75) is 31.2 Å². The highest BCUT2D eigenvalue weighted by Crippen LogP contribution is 2.32. The predicted molar refractivity (Wildman–Crippen MR) is 80.1 cm³/mol. The van der Waals surface area contributed by atoms with Crippen molar-refractivity contribution in [3.63, 3.8) is 0 Å². The van der Waals surface area contributed by atoms with Gasteiger partial charge in [0.25, 0.3) is 0 Å². The number of oxime groups is 1. The lowest BCUT2D eigenvalue weighted by Crippen LogP contribution is -2.54. The molecule has 0 spiro atoms. The van der Waals surface area contributed by atoms with Gasteiger partial charge in [-0.15, -0.1) is 11.6 Å². The Kier molecular flexibility index (Phi) is 4.85. The topological polar surface area (TPSA) is 62.2 Å². The highest BCUT2D eigenvalue weighted by atomic mass is 35.5. The highest BCUT2D eigenvalue weighted by Gasteiger charge is 2.38. The Balaban J connectivity index is 2.39. The van der Waals surface area contributed by atoms with Crippen LogP contribution < -0.4 is 0 Å². The van der Waals surface area contributed by atoms with Crippen LogP contribution in [0.25, 0.3) is 0 Å². The zero-order valence-electron chi connectivity index (χ0n) is 12.5. The van der Waals surface area contributed by atoms with Crippen molar-refractivity contribution in [2.24, 2.45) is 5.16 Å². The van der Waals surface area contributed by atoms with Gasteiger partial charge < -0.3 is 9.74 Å². The molecular formula is C14H17ClFN3O3. The van der Waals surface area contributed by atoms with Crippen molar-refractivity contribution in [2.75, 3.05) is 14.2 Å². The van der Waals surface area contributed by atoms with Gasteiger partial charge in [0.1, 0.15) is 12.9 Å². The summed E-state index contributed by atoms with van der Waals surface area (Å²) in [7, 11) is 2.95. The zero-order chi connectivity index (χ0) is 16.4. The number of urea groups is 1. The number of rotatable bonds is 3. The zero-order valence-corrected chi connectivity index (χ0v) is 13.3. The number of halogens is 2. The van der Waals surface area contributed by atoms with Crippen LogP contribution in [0.1, 0.15) is 19.8 Å². The van der Waals surface area contributed by atoms with Crippen molar-refractivity contribution < 1.29 is 18.8 Å². The van der Waals surface area contributed by atoms with Gasteiger partial charge in [0.2, 0.25) is 5.91 Å². The van der Waals surface area contributed by atoms with Crippen molar-refractivity contribution >= 4 is 29.8 Å². The van der Waals surface area contributed by atoms with Gasteiger partial charge in [0.15, 0.2) is 0 Å². The monoisotopic (exact) mass is 329 g/mol. The first kappa shape index (κ1) is 16.5. The molecule has 1 heterocycles. The molecule has 1 saturated heterocycles. The second-order valence-electron chi connectivity index (χ2n) is 5.20. The summed E-state index contributed by atoms with van der Waals surface area (Å²) >= 11 is 6.05. The number of alkyl halides is 1. The Hall–Kier alpha value is -1.89. The summed E-state index contributed by atoms with van der Waals surface area (Å²) in [6.45, 7) is 1.76. The standard InChI is InChI=1S/C14H17ClFN3O3/c1-8-4-13(20)19(14(21)18(8)2)12-5-9(7-17-22-3)10(15)6-11(12)16/h5,7-8,10H,4,6H2,1-3H3. The average Bonchev–Trinajstić information content (AvgIpc) is 2.46. The van der Waals surface area contributed by atoms with E-state index in [1.54, 1.807) is 14.0 Å². The average molecular weight is 330 g/mol. The number of nitrogens with zero attached hydrogens (tertiary/aromatic N) is 3. The second kappa shape index (κ2) is 6.48. The number of amides is 3. The number of hydrogen-bond acceptors (Lipinski definition) is 4. The van der Waals surface area contributed by atoms with Crippen LogP contribution >= 0.6 is 11.6 Å². The summed E-state index contributed by atoms with van der Waals surface area (Å²) in [5, 5.41) is 2.96. The molecule has 0 aromatic rings. The summed E-state index contributed by atoms with van der Waals surface area (Å²) in [5.74, 6) is -1.03. The maximum absolute atomic E-state index is 14.3. The van der Waals surface area contributed by atoms with Gasteiger partial charge in [0.05, 0.1) is 17.3 Å². The molecule has 1 aliphatic heterocycles. The number of allylic oxidation sites excluding steroid dienone is 3. The van der Waals surface area contributed by atoms with E-state index in [1.165, 1.54) is 24.3 Å². The van der Waals surface area contributed by atoms with E-state index < -0.39 is 23.1 Å². The summed E-state index contributed by atoms with van der Waals surface area (Å²) in [6.07, 6.45) is 2.72. The predicted octanol–water partition coefficient (Wildman–Crippen LogP) is 2.41. The lowest BCUT2D eigenvalue weighted by molar-refractivity contribution is -0.130. The molecule has 1 aliphatic carbocycles. The van der Waals surface area contributed by atoms with Crippen LogP contribution in [0, 0.1) is 0 Å². The van der Waals surface area contributed by atoms with Crippen molar-refractivity contribution in [1.29, 1.82) is 0 Å². The van der Waals surface area contributed by atoms with Crippen molar-refractivity contribution in [1.82, 2.24) is 9.80 Å². The van der Waals surface area contributed by atoms with E-state index in [4.69, 9.17) is 11.6 Å². The van der Waals surface area contributed by atoms with Crippen LogP contribution in [0.3, 0.4) is 0 Å². The molecule has 0 bridgehead atoms. The van der Waals surface area contributed by atoms with Crippen molar-refractivity contribution in [3.8, 4) is 0 Å². The Morgan fingerprint density at radius 3 is 2.77 bits per heavy atom. The summed E-state index contributed by atoms with van der Waals surface area (Å²) in [5.41, 5.74) is 0.394. The first-order valence-corrected chi connectivity index (χ1v) is 7.21. The third-order valence-electron chi connectivity index (χ3n) is 3.72. The van der Waals surface area contributed by atoms with E-state index in [0.717, 1.165) is 4.90 Å². The van der Waals surface area contributed by atoms with Crippen LogP contribution in [-0.4, -0.2) is 53.5 Å². The number of hydrogen-bond donors (Lipinski definition) is 0. The van der Waals surface area contributed by atoms with E-state index in [1.807, 2.05) is 0 Å². The van der Waals surface area contributed by atoms with E-state index in [2.05, 4.69) is 9.99 Å². The molecule has 0 saturated carbocycles. The molecule has 3 amide bonds. The molecule has 120 valence electrons. The third kappa shape index (κ3) is 2.99. The van der Waals surface area contributed by atoms with Crippen LogP contribution in [0.15, 0.2) is 28.3 Å². The normalized spacial score (nSPS) is 26.9. The molecule has 0 aromatic carbocycles.